The summed E-state index contributed by atoms with van der Waals surface area (Å²) in [6.07, 6.45) is 2.16. The van der Waals surface area contributed by atoms with Crippen molar-refractivity contribution < 1.29 is 23.2 Å². The number of fused-ring (bicyclic) bond motifs is 5. The van der Waals surface area contributed by atoms with Gasteiger partial charge in [0.05, 0.1) is 22.5 Å². The van der Waals surface area contributed by atoms with Crippen LogP contribution in [0.3, 0.4) is 0 Å². The molecule has 3 aromatic carbocycles. The third-order valence-corrected chi connectivity index (χ3v) is 8.24. The van der Waals surface area contributed by atoms with Gasteiger partial charge in [0.2, 0.25) is 17.7 Å². The Bertz CT molecular complexity index is 1700. The largest absolute Gasteiger partial charge is 0.361 e. The smallest absolute Gasteiger partial charge is 0.250 e. The molecule has 38 heavy (non-hydrogen) atoms. The first-order valence-corrected chi connectivity index (χ1v) is 12.4. The predicted octanol–water partition coefficient (Wildman–Crippen LogP) is 4.27. The van der Waals surface area contributed by atoms with Crippen LogP contribution in [0.2, 0.25) is 5.02 Å². The number of hydrogen-bond acceptors (Lipinski definition) is 4. The molecule has 0 radical (unpaired) electrons. The molecule has 4 unspecified atom stereocenters. The molecule has 0 saturated carbocycles. The van der Waals surface area contributed by atoms with Crippen molar-refractivity contribution in [2.24, 2.45) is 11.8 Å². The van der Waals surface area contributed by atoms with Crippen LogP contribution in [0.15, 0.2) is 66.9 Å². The maximum absolute atomic E-state index is 14.5. The van der Waals surface area contributed by atoms with E-state index in [0.29, 0.717) is 12.1 Å². The van der Waals surface area contributed by atoms with Crippen molar-refractivity contribution in [2.75, 3.05) is 10.2 Å². The molecule has 1 spiro atoms. The first-order valence-electron chi connectivity index (χ1n) is 12.1. The van der Waals surface area contributed by atoms with Gasteiger partial charge in [-0.3, -0.25) is 19.7 Å². The topological polar surface area (TPSA) is 94.3 Å². The summed E-state index contributed by atoms with van der Waals surface area (Å²) in [5.74, 6) is -5.06. The third-order valence-electron chi connectivity index (χ3n) is 7.95. The van der Waals surface area contributed by atoms with Gasteiger partial charge in [-0.2, -0.15) is 0 Å². The van der Waals surface area contributed by atoms with Gasteiger partial charge in [-0.1, -0.05) is 29.8 Å². The number of carbonyl (C=O) groups excluding carboxylic acids is 3. The van der Waals surface area contributed by atoms with E-state index in [4.69, 9.17) is 11.6 Å². The lowest BCUT2D eigenvalue weighted by Gasteiger charge is -2.29. The van der Waals surface area contributed by atoms with Gasteiger partial charge in [-0.25, -0.2) is 13.7 Å². The summed E-state index contributed by atoms with van der Waals surface area (Å²) < 4.78 is 28.3. The normalized spacial score (nSPS) is 25.9. The summed E-state index contributed by atoms with van der Waals surface area (Å²) in [7, 11) is 0. The Kier molecular flexibility index (Phi) is 4.83. The summed E-state index contributed by atoms with van der Waals surface area (Å²) in [5, 5.41) is 6.78. The van der Waals surface area contributed by atoms with E-state index in [-0.39, 0.29) is 16.3 Å². The van der Waals surface area contributed by atoms with E-state index < -0.39 is 52.8 Å². The van der Waals surface area contributed by atoms with E-state index in [2.05, 4.69) is 15.6 Å². The van der Waals surface area contributed by atoms with Crippen LogP contribution < -0.4 is 15.5 Å². The highest BCUT2D eigenvalue weighted by Gasteiger charge is 2.70. The number of hydrogen-bond donors (Lipinski definition) is 3. The van der Waals surface area contributed by atoms with Crippen molar-refractivity contribution >= 4 is 51.6 Å². The Morgan fingerprint density at radius 1 is 0.974 bits per heavy atom. The fourth-order valence-electron chi connectivity index (χ4n) is 6.36. The van der Waals surface area contributed by atoms with Crippen LogP contribution in [0.25, 0.3) is 10.9 Å². The molecule has 0 bridgehead atoms. The highest BCUT2D eigenvalue weighted by molar-refractivity contribution is 6.32. The Morgan fingerprint density at radius 2 is 1.79 bits per heavy atom. The number of imide groups is 1. The lowest BCUT2D eigenvalue weighted by molar-refractivity contribution is -0.130. The minimum Gasteiger partial charge on any atom is -0.361 e. The lowest BCUT2D eigenvalue weighted by Crippen LogP contribution is -2.53. The Balaban J connectivity index is 1.39. The fourth-order valence-corrected chi connectivity index (χ4v) is 6.54. The van der Waals surface area contributed by atoms with Crippen LogP contribution in [0.5, 0.6) is 0 Å². The average Bonchev–Trinajstić information content (AvgIpc) is 3.60. The molecule has 2 saturated heterocycles. The molecule has 3 aliphatic rings. The summed E-state index contributed by atoms with van der Waals surface area (Å²) in [5.41, 5.74) is 0.909. The minimum absolute atomic E-state index is 0.111. The highest BCUT2D eigenvalue weighted by atomic mass is 35.5. The summed E-state index contributed by atoms with van der Waals surface area (Å²) in [6.45, 7) is 0. The number of amides is 3. The number of H-pyrrole nitrogens is 1. The fraction of sp³-hybridized carbons (Fsp3) is 0.179. The molecule has 1 aromatic heterocycles. The lowest BCUT2D eigenvalue weighted by atomic mass is 9.76. The molecule has 7 rings (SSSR count). The van der Waals surface area contributed by atoms with Crippen LogP contribution in [-0.2, 0) is 26.3 Å². The number of aromatic amines is 1. The number of benzene rings is 3. The highest BCUT2D eigenvalue weighted by Crippen LogP contribution is 2.54. The zero-order chi connectivity index (χ0) is 26.3. The first kappa shape index (κ1) is 23.1. The second kappa shape index (κ2) is 7.96. The van der Waals surface area contributed by atoms with Crippen molar-refractivity contribution in [1.29, 1.82) is 0 Å². The Labute approximate surface area is 219 Å². The average molecular weight is 533 g/mol. The van der Waals surface area contributed by atoms with Crippen molar-refractivity contribution in [1.82, 2.24) is 10.3 Å². The van der Waals surface area contributed by atoms with E-state index in [9.17, 15) is 23.2 Å². The molecular weight excluding hydrogens is 514 g/mol. The van der Waals surface area contributed by atoms with Gasteiger partial charge in [0.1, 0.15) is 17.2 Å². The van der Waals surface area contributed by atoms with Gasteiger partial charge in [0, 0.05) is 34.4 Å². The number of aromatic nitrogens is 1. The van der Waals surface area contributed by atoms with Crippen molar-refractivity contribution in [3.05, 3.63) is 94.6 Å². The molecule has 190 valence electrons. The van der Waals surface area contributed by atoms with E-state index >= 15 is 0 Å². The van der Waals surface area contributed by atoms with Crippen molar-refractivity contribution in [3.63, 3.8) is 0 Å². The van der Waals surface area contributed by atoms with Gasteiger partial charge in [0.15, 0.2) is 0 Å². The maximum atomic E-state index is 14.5. The molecule has 3 amide bonds. The Hall–Kier alpha value is -4.08. The van der Waals surface area contributed by atoms with Crippen LogP contribution >= 0.6 is 11.6 Å². The van der Waals surface area contributed by atoms with Gasteiger partial charge in [-0.15, -0.1) is 0 Å². The van der Waals surface area contributed by atoms with Gasteiger partial charge in [0.25, 0.3) is 0 Å². The molecule has 3 N–H and O–H groups in total. The third kappa shape index (κ3) is 3.00. The molecule has 4 atom stereocenters. The molecular formula is C28H19ClF2N4O3. The van der Waals surface area contributed by atoms with Crippen LogP contribution in [-0.4, -0.2) is 28.7 Å². The number of para-hydroxylation sites is 1. The maximum Gasteiger partial charge on any atom is 0.250 e. The monoisotopic (exact) mass is 532 g/mol. The molecule has 4 heterocycles. The van der Waals surface area contributed by atoms with E-state index in [0.717, 1.165) is 27.4 Å². The number of nitrogens with one attached hydrogen (secondary N) is 3. The van der Waals surface area contributed by atoms with Crippen LogP contribution in [0.4, 0.5) is 20.2 Å². The second-order valence-electron chi connectivity index (χ2n) is 9.88. The number of anilines is 2. The standard InChI is InChI=1S/C28H19ClF2N4O3/c29-18-11-15(6-7-19(18)31)35-25(36)23-22(9-13-12-32-20-4-2-1-3-16(13)20)34-28(24(23)26(35)37)17-10-14(30)5-8-21(17)33-27(28)38/h1-8,10-12,22-24,32,34H,9H2,(H,33,38). The molecule has 0 aliphatic carbocycles. The molecule has 3 aliphatic heterocycles. The van der Waals surface area contributed by atoms with E-state index in [1.54, 1.807) is 0 Å². The number of carbonyl (C=O) groups is 3. The SMILES string of the molecule is O=C1C2C(Cc3c[nH]c4ccccc34)NC3(C(=O)Nc4ccc(F)cc43)C2C(=O)N1c1ccc(F)c(Cl)c1. The van der Waals surface area contributed by atoms with E-state index in [1.807, 2.05) is 30.5 Å². The van der Waals surface area contributed by atoms with Gasteiger partial charge < -0.3 is 10.3 Å². The van der Waals surface area contributed by atoms with Gasteiger partial charge >= 0.3 is 0 Å². The predicted molar refractivity (Wildman–Crippen MR) is 137 cm³/mol. The minimum atomic E-state index is -1.66. The quantitative estimate of drug-likeness (QED) is 0.344. The van der Waals surface area contributed by atoms with Crippen molar-refractivity contribution in [3.8, 4) is 0 Å². The van der Waals surface area contributed by atoms with Gasteiger partial charge in [-0.05, 0) is 54.4 Å². The molecule has 7 nitrogen and oxygen atoms in total. The summed E-state index contributed by atoms with van der Waals surface area (Å²) in [6, 6.07) is 14.5. The Morgan fingerprint density at radius 3 is 2.61 bits per heavy atom. The molecule has 2 fully saturated rings. The van der Waals surface area contributed by atoms with E-state index in [1.165, 1.54) is 30.3 Å². The number of nitrogens with zero attached hydrogens (tertiary/aromatic N) is 1. The van der Waals surface area contributed by atoms with Crippen molar-refractivity contribution in [2.45, 2.75) is 18.0 Å². The summed E-state index contributed by atoms with van der Waals surface area (Å²) >= 11 is 5.97. The van der Waals surface area contributed by atoms with Crippen LogP contribution in [0.1, 0.15) is 11.1 Å². The summed E-state index contributed by atoms with van der Waals surface area (Å²) in [4.78, 5) is 45.7. The zero-order valence-electron chi connectivity index (χ0n) is 19.6. The van der Waals surface area contributed by atoms with Crippen LogP contribution in [0, 0.1) is 23.5 Å². The zero-order valence-corrected chi connectivity index (χ0v) is 20.4. The first-order chi connectivity index (χ1) is 18.3. The number of halogens is 3. The molecule has 4 aromatic rings. The second-order valence-corrected chi connectivity index (χ2v) is 10.3. The number of rotatable bonds is 3. The molecule has 10 heteroatoms.